The molecule has 0 bridgehead atoms. The second-order valence-electron chi connectivity index (χ2n) is 13.2. The highest BCUT2D eigenvalue weighted by atomic mass is 16.6. The lowest BCUT2D eigenvalue weighted by Crippen LogP contribution is -2.58. The number of ether oxygens (including phenoxy) is 1. The first-order valence-electron chi connectivity index (χ1n) is 16.1. The molecule has 0 radical (unpaired) electrons. The largest absolute Gasteiger partial charge is 0.460 e. The maximum Gasteiger partial charge on any atom is 0.356 e. The van der Waals surface area contributed by atoms with E-state index in [0.717, 1.165) is 14.7 Å². The second kappa shape index (κ2) is 16.0. The van der Waals surface area contributed by atoms with Crippen molar-refractivity contribution < 1.29 is 14.3 Å². The van der Waals surface area contributed by atoms with E-state index < -0.39 is 46.4 Å². The fourth-order valence-electron chi connectivity index (χ4n) is 5.40. The van der Waals surface area contributed by atoms with Crippen molar-refractivity contribution in [2.45, 2.75) is 66.2 Å². The predicted molar refractivity (Wildman–Crippen MR) is 187 cm³/mol. The highest BCUT2D eigenvalue weighted by Crippen LogP contribution is 2.28. The quantitative estimate of drug-likeness (QED) is 0.202. The Kier molecular flexibility index (Phi) is 11.9. The average molecular weight is 653 g/mol. The minimum Gasteiger partial charge on any atom is -0.460 e. The van der Waals surface area contributed by atoms with Crippen molar-refractivity contribution in [3.05, 3.63) is 145 Å². The van der Waals surface area contributed by atoms with E-state index in [-0.39, 0.29) is 31.8 Å². The molecule has 0 aliphatic carbocycles. The lowest BCUT2D eigenvalue weighted by Gasteiger charge is -2.29. The van der Waals surface area contributed by atoms with Gasteiger partial charge in [0.05, 0.1) is 24.9 Å². The minimum atomic E-state index is -0.993. The summed E-state index contributed by atoms with van der Waals surface area (Å²) < 4.78 is 8.19. The fourth-order valence-corrected chi connectivity index (χ4v) is 5.40. The summed E-state index contributed by atoms with van der Waals surface area (Å²) in [6.07, 6.45) is 4.14. The van der Waals surface area contributed by atoms with Gasteiger partial charge in [-0.05, 0) is 56.2 Å². The summed E-state index contributed by atoms with van der Waals surface area (Å²) in [7, 11) is 0. The van der Waals surface area contributed by atoms with Crippen LogP contribution < -0.4 is 22.5 Å². The molecular formula is C38H44N4O6. The van der Waals surface area contributed by atoms with Crippen molar-refractivity contribution in [3.8, 4) is 0 Å². The zero-order valence-electron chi connectivity index (χ0n) is 28.2. The topological polar surface area (TPSA) is 121 Å². The van der Waals surface area contributed by atoms with Gasteiger partial charge in [0, 0.05) is 0 Å². The SMILES string of the molecule is CC(C)C[C@@H](C(=O)Nn1c(=O)n(Cc2ccccc2)c(=O)n(Cc2ccccc2)c1=O)C(CC=Cc1ccccc1)C(=O)OC(C)(C)C. The Balaban J connectivity index is 1.78. The molecule has 0 spiro atoms. The van der Waals surface area contributed by atoms with Gasteiger partial charge in [-0.2, -0.15) is 0 Å². The summed E-state index contributed by atoms with van der Waals surface area (Å²) in [5.41, 5.74) is 1.15. The van der Waals surface area contributed by atoms with Crippen LogP contribution in [0.2, 0.25) is 0 Å². The van der Waals surface area contributed by atoms with Crippen LogP contribution >= 0.6 is 0 Å². The molecule has 0 saturated carbocycles. The van der Waals surface area contributed by atoms with Gasteiger partial charge in [-0.25, -0.2) is 23.5 Å². The summed E-state index contributed by atoms with van der Waals surface area (Å²) in [6.45, 7) is 8.86. The fraction of sp³-hybridized carbons (Fsp3) is 0.342. The molecule has 2 atom stereocenters. The number of carbonyl (C=O) groups excluding carboxylic acids is 2. The lowest BCUT2D eigenvalue weighted by molar-refractivity contribution is -0.163. The Morgan fingerprint density at radius 3 is 1.67 bits per heavy atom. The number of allylic oxidation sites excluding steroid dienone is 1. The number of hydrogen-bond acceptors (Lipinski definition) is 6. The Bertz CT molecular complexity index is 1810. The second-order valence-corrected chi connectivity index (χ2v) is 13.2. The molecule has 48 heavy (non-hydrogen) atoms. The zero-order valence-corrected chi connectivity index (χ0v) is 28.2. The van der Waals surface area contributed by atoms with Gasteiger partial charge in [0.1, 0.15) is 5.60 Å². The number of nitrogens with one attached hydrogen (secondary N) is 1. The number of rotatable bonds is 13. The van der Waals surface area contributed by atoms with Gasteiger partial charge in [0.2, 0.25) is 5.91 Å². The Morgan fingerprint density at radius 1 is 0.729 bits per heavy atom. The molecule has 252 valence electrons. The van der Waals surface area contributed by atoms with E-state index in [9.17, 15) is 24.0 Å². The van der Waals surface area contributed by atoms with Crippen LogP contribution in [0.1, 0.15) is 64.2 Å². The molecule has 0 aliphatic rings. The van der Waals surface area contributed by atoms with Crippen LogP contribution in [0.5, 0.6) is 0 Å². The third kappa shape index (κ3) is 9.63. The smallest absolute Gasteiger partial charge is 0.356 e. The number of carbonyl (C=O) groups is 2. The van der Waals surface area contributed by atoms with Gasteiger partial charge in [0.15, 0.2) is 0 Å². The van der Waals surface area contributed by atoms with Crippen LogP contribution in [0, 0.1) is 17.8 Å². The lowest BCUT2D eigenvalue weighted by atomic mass is 9.82. The first kappa shape index (κ1) is 35.6. The first-order chi connectivity index (χ1) is 22.8. The molecule has 0 aliphatic heterocycles. The van der Waals surface area contributed by atoms with Crippen molar-refractivity contribution in [2.75, 3.05) is 5.43 Å². The number of aromatic nitrogens is 3. The normalized spacial score (nSPS) is 13.0. The molecule has 0 saturated heterocycles. The van der Waals surface area contributed by atoms with Gasteiger partial charge < -0.3 is 4.74 Å². The van der Waals surface area contributed by atoms with Crippen LogP contribution in [0.25, 0.3) is 6.08 Å². The van der Waals surface area contributed by atoms with E-state index >= 15 is 0 Å². The highest BCUT2D eigenvalue weighted by Gasteiger charge is 2.37. The van der Waals surface area contributed by atoms with Gasteiger partial charge in [-0.1, -0.05) is 117 Å². The monoisotopic (exact) mass is 652 g/mol. The number of amides is 1. The van der Waals surface area contributed by atoms with E-state index in [1.807, 2.05) is 68.5 Å². The molecule has 1 aromatic heterocycles. The molecule has 4 rings (SSSR count). The minimum absolute atomic E-state index is 0.0257. The van der Waals surface area contributed by atoms with E-state index in [4.69, 9.17) is 4.74 Å². The molecule has 3 aromatic carbocycles. The Labute approximate surface area is 280 Å². The summed E-state index contributed by atoms with van der Waals surface area (Å²) in [5.74, 6) is -3.19. The van der Waals surface area contributed by atoms with E-state index in [0.29, 0.717) is 15.8 Å². The number of esters is 1. The van der Waals surface area contributed by atoms with Crippen LogP contribution in [0.4, 0.5) is 0 Å². The molecule has 4 aromatic rings. The first-order valence-corrected chi connectivity index (χ1v) is 16.1. The summed E-state index contributed by atoms with van der Waals surface area (Å²) in [4.78, 5) is 69.1. The van der Waals surface area contributed by atoms with E-state index in [2.05, 4.69) is 5.43 Å². The van der Waals surface area contributed by atoms with Crippen molar-refractivity contribution in [1.29, 1.82) is 0 Å². The third-order valence-corrected chi connectivity index (χ3v) is 7.65. The van der Waals surface area contributed by atoms with Crippen LogP contribution in [0.15, 0.2) is 111 Å². The van der Waals surface area contributed by atoms with Gasteiger partial charge in [-0.15, -0.1) is 4.68 Å². The molecule has 1 unspecified atom stereocenters. The number of hydrogen-bond donors (Lipinski definition) is 1. The Morgan fingerprint density at radius 2 is 1.21 bits per heavy atom. The standard InChI is InChI=1S/C38H44N4O6/c1-27(2)24-32(31(34(44)48-38(3,4)5)23-15-22-28-16-9-6-10-17-28)33(43)39-42-36(46)40(25-29-18-11-7-12-19-29)35(45)41(37(42)47)26-30-20-13-8-14-21-30/h6-22,27,31-32H,23-26H2,1-5H3,(H,39,43)/t31?,32-/m1/s1. The van der Waals surface area contributed by atoms with Gasteiger partial charge >= 0.3 is 23.0 Å². The average Bonchev–Trinajstić information content (AvgIpc) is 3.05. The molecule has 1 heterocycles. The molecule has 10 nitrogen and oxygen atoms in total. The summed E-state index contributed by atoms with van der Waals surface area (Å²) in [6, 6.07) is 27.3. The van der Waals surface area contributed by atoms with Crippen molar-refractivity contribution >= 4 is 18.0 Å². The van der Waals surface area contributed by atoms with Crippen molar-refractivity contribution in [1.82, 2.24) is 13.8 Å². The van der Waals surface area contributed by atoms with Crippen molar-refractivity contribution in [3.63, 3.8) is 0 Å². The van der Waals surface area contributed by atoms with Crippen LogP contribution in [-0.2, 0) is 27.4 Å². The van der Waals surface area contributed by atoms with Gasteiger partial charge in [-0.3, -0.25) is 15.0 Å². The molecule has 1 N–H and O–H groups in total. The third-order valence-electron chi connectivity index (χ3n) is 7.65. The number of nitrogens with zero attached hydrogens (tertiary/aromatic N) is 3. The van der Waals surface area contributed by atoms with Crippen molar-refractivity contribution in [2.24, 2.45) is 17.8 Å². The molecule has 10 heteroatoms. The highest BCUT2D eigenvalue weighted by molar-refractivity contribution is 5.90. The molecule has 1 amide bonds. The summed E-state index contributed by atoms with van der Waals surface area (Å²) >= 11 is 0. The maximum atomic E-state index is 14.2. The summed E-state index contributed by atoms with van der Waals surface area (Å²) in [5, 5.41) is 0. The molecular weight excluding hydrogens is 608 g/mol. The Hall–Kier alpha value is -5.25. The van der Waals surface area contributed by atoms with E-state index in [1.54, 1.807) is 69.3 Å². The van der Waals surface area contributed by atoms with Gasteiger partial charge in [0.25, 0.3) is 0 Å². The molecule has 0 fully saturated rings. The van der Waals surface area contributed by atoms with Crippen LogP contribution in [0.3, 0.4) is 0 Å². The number of benzene rings is 3. The zero-order chi connectivity index (χ0) is 34.8. The van der Waals surface area contributed by atoms with E-state index in [1.165, 1.54) is 0 Å². The predicted octanol–water partition coefficient (Wildman–Crippen LogP) is 5.06. The van der Waals surface area contributed by atoms with Crippen LogP contribution in [-0.4, -0.2) is 31.3 Å². The maximum absolute atomic E-state index is 14.2.